The molecule has 8 nitrogen and oxygen atoms in total. The fraction of sp³-hybridized carbons (Fsp3) is 0.118. The first kappa shape index (κ1) is 18.1. The van der Waals surface area contributed by atoms with E-state index in [2.05, 4.69) is 20.1 Å². The van der Waals surface area contributed by atoms with Gasteiger partial charge in [-0.3, -0.25) is 9.59 Å². The number of aromatic nitrogens is 4. The minimum atomic E-state index is -2.93. The number of rotatable bonds is 7. The number of alkyl halides is 2. The van der Waals surface area contributed by atoms with Crippen LogP contribution in [0.15, 0.2) is 48.5 Å². The maximum atomic E-state index is 12.2. The molecule has 1 amide bonds. The van der Waals surface area contributed by atoms with E-state index < -0.39 is 12.5 Å². The number of benzene rings is 2. The summed E-state index contributed by atoms with van der Waals surface area (Å²) < 4.78 is 28.5. The number of nitrogens with zero attached hydrogens (tertiary/aromatic N) is 4. The summed E-state index contributed by atoms with van der Waals surface area (Å²) in [5.41, 5.74) is 6.43. The molecule has 0 aliphatic heterocycles. The number of carbonyl (C=O) groups excluding carboxylic acids is 2. The monoisotopic (exact) mass is 373 g/mol. The van der Waals surface area contributed by atoms with E-state index in [-0.39, 0.29) is 23.9 Å². The van der Waals surface area contributed by atoms with E-state index in [0.717, 1.165) is 4.80 Å². The third kappa shape index (κ3) is 4.48. The lowest BCUT2D eigenvalue weighted by Crippen LogP contribution is -2.13. The van der Waals surface area contributed by atoms with Crippen molar-refractivity contribution in [3.05, 3.63) is 59.7 Å². The highest BCUT2D eigenvalue weighted by Gasteiger charge is 2.12. The fourth-order valence-electron chi connectivity index (χ4n) is 2.25. The van der Waals surface area contributed by atoms with Crippen molar-refractivity contribution >= 4 is 11.7 Å². The predicted octanol–water partition coefficient (Wildman–Crippen LogP) is 1.92. The number of ketones is 1. The summed E-state index contributed by atoms with van der Waals surface area (Å²) in [7, 11) is 0. The van der Waals surface area contributed by atoms with Crippen molar-refractivity contribution in [3.63, 3.8) is 0 Å². The molecular weight excluding hydrogens is 360 g/mol. The Hall–Kier alpha value is -3.69. The summed E-state index contributed by atoms with van der Waals surface area (Å²) in [6.45, 7) is -3.11. The number of hydrogen-bond donors (Lipinski definition) is 1. The molecule has 3 rings (SSSR count). The number of halogens is 2. The number of hydrogen-bond acceptors (Lipinski definition) is 6. The largest absolute Gasteiger partial charge is 0.435 e. The average molecular weight is 373 g/mol. The van der Waals surface area contributed by atoms with Crippen LogP contribution in [0.4, 0.5) is 8.78 Å². The van der Waals surface area contributed by atoms with E-state index in [1.165, 1.54) is 36.4 Å². The predicted molar refractivity (Wildman–Crippen MR) is 89.2 cm³/mol. The zero-order valence-electron chi connectivity index (χ0n) is 13.8. The van der Waals surface area contributed by atoms with Gasteiger partial charge in [-0.05, 0) is 41.6 Å². The van der Waals surface area contributed by atoms with Crippen LogP contribution in [0.2, 0.25) is 0 Å². The molecule has 0 saturated carbocycles. The molecule has 0 bridgehead atoms. The zero-order chi connectivity index (χ0) is 19.4. The Morgan fingerprint density at radius 3 is 2.26 bits per heavy atom. The molecule has 0 fully saturated rings. The quantitative estimate of drug-likeness (QED) is 0.633. The maximum absolute atomic E-state index is 12.2. The van der Waals surface area contributed by atoms with Crippen LogP contribution in [0.25, 0.3) is 11.4 Å². The summed E-state index contributed by atoms with van der Waals surface area (Å²) in [4.78, 5) is 24.4. The molecular formula is C17H13F2N5O3. The number of Topliss-reactive ketones (excluding diaryl/α,β-unsaturated/α-hetero) is 1. The molecule has 0 unspecified atom stereocenters. The molecule has 0 radical (unpaired) electrons. The molecule has 3 aromatic rings. The molecule has 0 saturated heterocycles. The van der Waals surface area contributed by atoms with Gasteiger partial charge in [0, 0.05) is 16.7 Å². The van der Waals surface area contributed by atoms with Crippen molar-refractivity contribution < 1.29 is 23.1 Å². The molecule has 0 atom stereocenters. The Morgan fingerprint density at radius 2 is 1.67 bits per heavy atom. The van der Waals surface area contributed by atoms with Gasteiger partial charge in [0.15, 0.2) is 5.78 Å². The minimum Gasteiger partial charge on any atom is -0.435 e. The van der Waals surface area contributed by atoms with Crippen molar-refractivity contribution in [2.45, 2.75) is 13.2 Å². The van der Waals surface area contributed by atoms with Crippen LogP contribution in [0.1, 0.15) is 20.7 Å². The fourth-order valence-corrected chi connectivity index (χ4v) is 2.25. The van der Waals surface area contributed by atoms with Gasteiger partial charge in [-0.15, -0.1) is 10.2 Å². The number of ether oxygens (including phenoxy) is 1. The Kier molecular flexibility index (Phi) is 5.15. The van der Waals surface area contributed by atoms with Crippen molar-refractivity contribution in [2.24, 2.45) is 5.73 Å². The Balaban J connectivity index is 1.68. The van der Waals surface area contributed by atoms with E-state index in [4.69, 9.17) is 5.73 Å². The zero-order valence-corrected chi connectivity index (χ0v) is 13.8. The van der Waals surface area contributed by atoms with E-state index >= 15 is 0 Å². The van der Waals surface area contributed by atoms with Crippen LogP contribution in [0.5, 0.6) is 5.75 Å². The number of carbonyl (C=O) groups is 2. The Morgan fingerprint density at radius 1 is 1.04 bits per heavy atom. The summed E-state index contributed by atoms with van der Waals surface area (Å²) >= 11 is 0. The molecule has 2 N–H and O–H groups in total. The smallest absolute Gasteiger partial charge is 0.387 e. The van der Waals surface area contributed by atoms with Gasteiger partial charge in [0.25, 0.3) is 0 Å². The van der Waals surface area contributed by atoms with E-state index in [1.807, 2.05) is 0 Å². The van der Waals surface area contributed by atoms with Crippen LogP contribution in [0.3, 0.4) is 0 Å². The number of tetrazole rings is 1. The van der Waals surface area contributed by atoms with Gasteiger partial charge < -0.3 is 10.5 Å². The maximum Gasteiger partial charge on any atom is 0.387 e. The third-order valence-corrected chi connectivity index (χ3v) is 3.57. The van der Waals surface area contributed by atoms with Crippen LogP contribution in [-0.2, 0) is 6.54 Å². The van der Waals surface area contributed by atoms with Gasteiger partial charge in [-0.1, -0.05) is 12.1 Å². The average Bonchev–Trinajstić information content (AvgIpc) is 3.10. The summed E-state index contributed by atoms with van der Waals surface area (Å²) in [6, 6.07) is 11.6. The topological polar surface area (TPSA) is 113 Å². The highest BCUT2D eigenvalue weighted by molar-refractivity contribution is 5.96. The SMILES string of the molecule is NC(=O)c1ccc(-c2nnn(CC(=O)c3ccc(OC(F)F)cc3)n2)cc1. The van der Waals surface area contributed by atoms with Crippen molar-refractivity contribution in [2.75, 3.05) is 0 Å². The molecule has 0 aliphatic rings. The molecule has 0 spiro atoms. The molecule has 138 valence electrons. The molecule has 10 heteroatoms. The lowest BCUT2D eigenvalue weighted by Gasteiger charge is -2.05. The van der Waals surface area contributed by atoms with E-state index in [9.17, 15) is 18.4 Å². The lowest BCUT2D eigenvalue weighted by atomic mass is 10.1. The first-order valence-corrected chi connectivity index (χ1v) is 7.68. The summed E-state index contributed by atoms with van der Waals surface area (Å²) in [5.74, 6) is -0.637. The van der Waals surface area contributed by atoms with Gasteiger partial charge >= 0.3 is 6.61 Å². The van der Waals surface area contributed by atoms with Crippen LogP contribution >= 0.6 is 0 Å². The van der Waals surface area contributed by atoms with Crippen molar-refractivity contribution in [1.29, 1.82) is 0 Å². The lowest BCUT2D eigenvalue weighted by molar-refractivity contribution is -0.0498. The van der Waals surface area contributed by atoms with E-state index in [0.29, 0.717) is 16.7 Å². The van der Waals surface area contributed by atoms with Gasteiger partial charge in [0.05, 0.1) is 0 Å². The molecule has 0 aliphatic carbocycles. The van der Waals surface area contributed by atoms with Crippen LogP contribution < -0.4 is 10.5 Å². The molecule has 1 aromatic heterocycles. The van der Waals surface area contributed by atoms with Crippen molar-refractivity contribution in [1.82, 2.24) is 20.2 Å². The normalized spacial score (nSPS) is 10.8. The number of primary amides is 1. The Bertz CT molecular complexity index is 955. The van der Waals surface area contributed by atoms with Crippen molar-refractivity contribution in [3.8, 4) is 17.1 Å². The number of amides is 1. The Labute approximate surface area is 151 Å². The number of nitrogens with two attached hydrogens (primary N) is 1. The second kappa shape index (κ2) is 7.68. The van der Waals surface area contributed by atoms with E-state index in [1.54, 1.807) is 12.1 Å². The molecule has 2 aromatic carbocycles. The summed E-state index contributed by atoms with van der Waals surface area (Å²) in [6.07, 6.45) is 0. The standard InChI is InChI=1S/C17H13F2N5O3/c18-17(19)27-13-7-5-10(6-8-13)14(25)9-24-22-16(21-23-24)12-3-1-11(2-4-12)15(20)26/h1-8,17H,9H2,(H2,20,26). The second-order valence-electron chi connectivity index (χ2n) is 5.41. The van der Waals surface area contributed by atoms with Gasteiger partial charge in [-0.25, -0.2) is 0 Å². The van der Waals surface area contributed by atoms with Crippen LogP contribution in [0, 0.1) is 0 Å². The van der Waals surface area contributed by atoms with Gasteiger partial charge in [-0.2, -0.15) is 13.6 Å². The third-order valence-electron chi connectivity index (χ3n) is 3.57. The van der Waals surface area contributed by atoms with Gasteiger partial charge in [0.2, 0.25) is 11.7 Å². The molecule has 1 heterocycles. The van der Waals surface area contributed by atoms with Crippen LogP contribution in [-0.4, -0.2) is 38.5 Å². The van der Waals surface area contributed by atoms with Gasteiger partial charge in [0.1, 0.15) is 12.3 Å². The summed E-state index contributed by atoms with van der Waals surface area (Å²) in [5, 5.41) is 11.8. The minimum absolute atomic E-state index is 0.0397. The highest BCUT2D eigenvalue weighted by atomic mass is 19.3. The first-order valence-electron chi connectivity index (χ1n) is 7.68. The highest BCUT2D eigenvalue weighted by Crippen LogP contribution is 2.16. The first-order chi connectivity index (χ1) is 12.9. The molecule has 27 heavy (non-hydrogen) atoms. The second-order valence-corrected chi connectivity index (χ2v) is 5.41.